The highest BCUT2D eigenvalue weighted by atomic mass is 16.5. The number of hydrogen-bond acceptors (Lipinski definition) is 4. The quantitative estimate of drug-likeness (QED) is 0.710. The molecule has 172 valence electrons. The summed E-state index contributed by atoms with van der Waals surface area (Å²) >= 11 is 0. The van der Waals surface area contributed by atoms with E-state index in [1.54, 1.807) is 0 Å². The summed E-state index contributed by atoms with van der Waals surface area (Å²) < 4.78 is 5.63. The molecule has 1 amide bonds. The first-order valence-electron chi connectivity index (χ1n) is 12.8. The Kier molecular flexibility index (Phi) is 4.64. The highest BCUT2D eigenvalue weighted by Crippen LogP contribution is 2.45. The van der Waals surface area contributed by atoms with Gasteiger partial charge in [0.05, 0.1) is 18.3 Å². The van der Waals surface area contributed by atoms with Crippen molar-refractivity contribution in [2.45, 2.75) is 57.0 Å². The van der Waals surface area contributed by atoms with Crippen LogP contribution < -0.4 is 4.74 Å². The second-order valence-electron chi connectivity index (χ2n) is 10.6. The molecule has 33 heavy (non-hydrogen) atoms. The van der Waals surface area contributed by atoms with Gasteiger partial charge in [-0.3, -0.25) is 14.8 Å². The molecule has 3 fully saturated rings. The Hall–Kier alpha value is -2.60. The third kappa shape index (κ3) is 3.25. The van der Waals surface area contributed by atoms with Gasteiger partial charge in [-0.05, 0) is 80.3 Å². The highest BCUT2D eigenvalue weighted by molar-refractivity contribution is 5.94. The lowest BCUT2D eigenvalue weighted by Gasteiger charge is -2.54. The maximum absolute atomic E-state index is 13.7. The monoisotopic (exact) mass is 444 g/mol. The van der Waals surface area contributed by atoms with Crippen LogP contribution in [-0.4, -0.2) is 64.2 Å². The maximum Gasteiger partial charge on any atom is 0.272 e. The number of amides is 1. The van der Waals surface area contributed by atoms with Gasteiger partial charge < -0.3 is 9.64 Å². The number of hydrogen-bond donors (Lipinski definition) is 1. The summed E-state index contributed by atoms with van der Waals surface area (Å²) in [6, 6.07) is 9.13. The molecule has 6 nitrogen and oxygen atoms in total. The number of ether oxygens (including phenoxy) is 1. The number of rotatable bonds is 2. The van der Waals surface area contributed by atoms with E-state index in [9.17, 15) is 4.79 Å². The topological polar surface area (TPSA) is 61.5 Å². The van der Waals surface area contributed by atoms with Crippen LogP contribution in [0.25, 0.3) is 11.3 Å². The van der Waals surface area contributed by atoms with Gasteiger partial charge in [-0.1, -0.05) is 18.1 Å². The number of carbonyl (C=O) groups is 1. The lowest BCUT2D eigenvalue weighted by molar-refractivity contribution is 0.00131. The summed E-state index contributed by atoms with van der Waals surface area (Å²) in [5, 5.41) is 7.58. The zero-order valence-corrected chi connectivity index (χ0v) is 19.1. The lowest BCUT2D eigenvalue weighted by atomic mass is 9.68. The summed E-state index contributed by atoms with van der Waals surface area (Å²) in [6.07, 6.45) is 11.0. The Morgan fingerprint density at radius 2 is 2.09 bits per heavy atom. The smallest absolute Gasteiger partial charge is 0.272 e. The molecule has 4 aliphatic heterocycles. The highest BCUT2D eigenvalue weighted by Gasteiger charge is 2.47. The van der Waals surface area contributed by atoms with E-state index in [2.05, 4.69) is 32.1 Å². The number of aromatic amines is 1. The lowest BCUT2D eigenvalue weighted by Crippen LogP contribution is -2.60. The summed E-state index contributed by atoms with van der Waals surface area (Å²) in [5.74, 6) is 2.32. The summed E-state index contributed by atoms with van der Waals surface area (Å²) in [6.45, 7) is 3.97. The van der Waals surface area contributed by atoms with Gasteiger partial charge in [0.15, 0.2) is 0 Å². The van der Waals surface area contributed by atoms with Gasteiger partial charge in [0.25, 0.3) is 5.91 Å². The number of carbonyl (C=O) groups excluding carboxylic acids is 1. The molecule has 0 radical (unpaired) electrons. The summed E-state index contributed by atoms with van der Waals surface area (Å²) in [5.41, 5.74) is 5.23. The number of piperidine rings is 3. The van der Waals surface area contributed by atoms with E-state index in [0.717, 1.165) is 62.0 Å². The Balaban J connectivity index is 1.16. The second kappa shape index (κ2) is 7.73. The molecule has 1 aliphatic carbocycles. The van der Waals surface area contributed by atoms with Crippen LogP contribution in [0, 0.1) is 11.8 Å². The van der Waals surface area contributed by atoms with E-state index < -0.39 is 0 Å². The van der Waals surface area contributed by atoms with Crippen LogP contribution in [0.5, 0.6) is 5.75 Å². The summed E-state index contributed by atoms with van der Waals surface area (Å²) in [4.78, 5) is 18.6. The van der Waals surface area contributed by atoms with Crippen LogP contribution in [0.15, 0.2) is 35.9 Å². The fourth-order valence-electron chi connectivity index (χ4n) is 7.28. The van der Waals surface area contributed by atoms with Crippen molar-refractivity contribution >= 4 is 5.91 Å². The molecule has 0 saturated carbocycles. The van der Waals surface area contributed by atoms with Gasteiger partial charge in [-0.15, -0.1) is 0 Å². The van der Waals surface area contributed by atoms with E-state index in [0.29, 0.717) is 17.5 Å². The molecule has 1 aromatic heterocycles. The number of nitrogens with zero attached hydrogens (tertiary/aromatic N) is 3. The largest absolute Gasteiger partial charge is 0.493 e. The van der Waals surface area contributed by atoms with Crippen LogP contribution in [-0.2, 0) is 6.42 Å². The number of H-pyrrole nitrogens is 1. The average Bonchev–Trinajstić information content (AvgIpc) is 3.53. The van der Waals surface area contributed by atoms with Crippen molar-refractivity contribution in [3.8, 4) is 17.0 Å². The molecule has 5 heterocycles. The minimum Gasteiger partial charge on any atom is -0.493 e. The molecule has 6 heteroatoms. The number of likely N-dealkylation sites (tertiary alicyclic amines) is 1. The van der Waals surface area contributed by atoms with Gasteiger partial charge in [0, 0.05) is 31.1 Å². The van der Waals surface area contributed by atoms with Crippen LogP contribution in [0.3, 0.4) is 0 Å². The van der Waals surface area contributed by atoms with Gasteiger partial charge in [0.1, 0.15) is 11.4 Å². The molecular weight excluding hydrogens is 412 g/mol. The van der Waals surface area contributed by atoms with Crippen molar-refractivity contribution in [3.63, 3.8) is 0 Å². The molecule has 2 bridgehead atoms. The maximum atomic E-state index is 13.7. The number of aromatic nitrogens is 2. The minimum absolute atomic E-state index is 0.105. The minimum atomic E-state index is 0.105. The van der Waals surface area contributed by atoms with Crippen LogP contribution in [0.2, 0.25) is 0 Å². The molecule has 5 aliphatic rings. The van der Waals surface area contributed by atoms with Gasteiger partial charge >= 0.3 is 0 Å². The first kappa shape index (κ1) is 19.8. The first-order chi connectivity index (χ1) is 16.2. The Morgan fingerprint density at radius 3 is 3.06 bits per heavy atom. The Morgan fingerprint density at radius 1 is 1.12 bits per heavy atom. The van der Waals surface area contributed by atoms with E-state index >= 15 is 0 Å². The third-order valence-corrected chi connectivity index (χ3v) is 8.71. The Labute approximate surface area is 195 Å². The number of nitrogens with one attached hydrogen (secondary N) is 1. The number of benzene rings is 1. The molecule has 0 unspecified atom stereocenters. The fourth-order valence-corrected chi connectivity index (χ4v) is 7.28. The predicted octanol–water partition coefficient (Wildman–Crippen LogP) is 4.05. The van der Waals surface area contributed by atoms with E-state index in [-0.39, 0.29) is 11.9 Å². The predicted molar refractivity (Wildman–Crippen MR) is 126 cm³/mol. The van der Waals surface area contributed by atoms with Crippen LogP contribution in [0.1, 0.15) is 54.6 Å². The molecule has 0 spiro atoms. The zero-order chi connectivity index (χ0) is 21.9. The molecular formula is C27H32N4O2. The van der Waals surface area contributed by atoms with Crippen LogP contribution in [0.4, 0.5) is 0 Å². The van der Waals surface area contributed by atoms with Crippen molar-refractivity contribution in [1.82, 2.24) is 20.0 Å². The van der Waals surface area contributed by atoms with E-state index in [1.165, 1.54) is 43.4 Å². The van der Waals surface area contributed by atoms with Crippen molar-refractivity contribution in [2.75, 3.05) is 26.2 Å². The standard InChI is InChI=1S/C27H32N4O2/c32-27(23-15-22(28-29-23)17-6-7-25-18(12-17)8-11-33-25)31-10-3-4-19-13-20-14-21(26(19)31)16-30-9-2-1-5-24(20)30/h6-7,12-13,15,20-21,24,26H,1-5,8-11,14,16H2,(H,28,29)/t20-,21+,24+,26+/m0/s1. The first-order valence-corrected chi connectivity index (χ1v) is 12.8. The Bertz CT molecular complexity index is 1120. The molecule has 1 N–H and O–H groups in total. The van der Waals surface area contributed by atoms with Gasteiger partial charge in [0.2, 0.25) is 0 Å². The average molecular weight is 445 g/mol. The molecule has 7 rings (SSSR count). The normalized spacial score (nSPS) is 30.7. The molecule has 2 aromatic rings. The zero-order valence-electron chi connectivity index (χ0n) is 19.1. The SMILES string of the molecule is O=C(c1cc(-c2ccc3c(c2)CCO3)n[nH]1)N1CCCC2=C[C@H]3C[C@H](CN4CCCC[C@H]34)[C@@H]21. The van der Waals surface area contributed by atoms with E-state index in [4.69, 9.17) is 4.74 Å². The van der Waals surface area contributed by atoms with Crippen molar-refractivity contribution in [3.05, 3.63) is 47.2 Å². The molecule has 3 saturated heterocycles. The van der Waals surface area contributed by atoms with Gasteiger partial charge in [-0.25, -0.2) is 0 Å². The van der Waals surface area contributed by atoms with Crippen molar-refractivity contribution in [1.29, 1.82) is 0 Å². The fraction of sp³-hybridized carbons (Fsp3) is 0.556. The third-order valence-electron chi connectivity index (χ3n) is 8.71. The van der Waals surface area contributed by atoms with Gasteiger partial charge in [-0.2, -0.15) is 5.10 Å². The number of fused-ring (bicyclic) bond motifs is 7. The summed E-state index contributed by atoms with van der Waals surface area (Å²) in [7, 11) is 0. The van der Waals surface area contributed by atoms with Crippen LogP contribution >= 0.6 is 0 Å². The van der Waals surface area contributed by atoms with Crippen molar-refractivity contribution in [2.24, 2.45) is 11.8 Å². The molecule has 1 aromatic carbocycles. The van der Waals surface area contributed by atoms with Crippen molar-refractivity contribution < 1.29 is 9.53 Å². The molecule has 4 atom stereocenters. The second-order valence-corrected chi connectivity index (χ2v) is 10.6. The van der Waals surface area contributed by atoms with E-state index in [1.807, 2.05) is 18.2 Å².